The van der Waals surface area contributed by atoms with Crippen LogP contribution < -0.4 is 9.64 Å². The summed E-state index contributed by atoms with van der Waals surface area (Å²) in [6, 6.07) is 13.5. The summed E-state index contributed by atoms with van der Waals surface area (Å²) in [5, 5.41) is 20.4. The average molecular weight is 477 g/mol. The number of hydrogen-bond donors (Lipinski definition) is 0. The summed E-state index contributed by atoms with van der Waals surface area (Å²) in [4.78, 5) is 30.6. The molecule has 178 valence electrons. The number of oxazole rings is 1. The quantitative estimate of drug-likeness (QED) is 0.374. The van der Waals surface area contributed by atoms with Crippen LogP contribution in [-0.2, 0) is 4.79 Å². The molecule has 0 N–H and O–H groups in total. The molecule has 0 aliphatic carbocycles. The first-order valence-electron chi connectivity index (χ1n) is 10.7. The summed E-state index contributed by atoms with van der Waals surface area (Å²) >= 11 is 0. The van der Waals surface area contributed by atoms with Crippen molar-refractivity contribution in [3.8, 4) is 11.8 Å². The van der Waals surface area contributed by atoms with E-state index in [0.717, 1.165) is 0 Å². The Kier molecular flexibility index (Phi) is 7.02. The van der Waals surface area contributed by atoms with Crippen LogP contribution in [0.25, 0.3) is 12.2 Å². The number of amides is 1. The van der Waals surface area contributed by atoms with E-state index >= 15 is 0 Å². The molecule has 4 rings (SSSR count). The van der Waals surface area contributed by atoms with Crippen molar-refractivity contribution in [2.75, 3.05) is 37.7 Å². The second kappa shape index (κ2) is 10.5. The van der Waals surface area contributed by atoms with E-state index in [0.29, 0.717) is 43.4 Å². The van der Waals surface area contributed by atoms with Crippen molar-refractivity contribution in [2.45, 2.75) is 0 Å². The third-order valence-electron chi connectivity index (χ3n) is 5.33. The van der Waals surface area contributed by atoms with Gasteiger partial charge in [0, 0.05) is 44.4 Å². The van der Waals surface area contributed by atoms with E-state index in [1.54, 1.807) is 23.1 Å². The van der Waals surface area contributed by atoms with Crippen LogP contribution in [0.3, 0.4) is 0 Å². The fraction of sp³-hybridized carbons (Fsp3) is 0.208. The summed E-state index contributed by atoms with van der Waals surface area (Å²) < 4.78 is 24.2. The first-order chi connectivity index (χ1) is 16.9. The molecule has 0 saturated carbocycles. The van der Waals surface area contributed by atoms with Crippen molar-refractivity contribution in [2.24, 2.45) is 0 Å². The topological polar surface area (TPSA) is 126 Å². The van der Waals surface area contributed by atoms with Crippen LogP contribution >= 0.6 is 0 Å². The molecule has 1 aliphatic heterocycles. The van der Waals surface area contributed by atoms with E-state index in [1.165, 1.54) is 42.5 Å². The molecular formula is C24H20FN5O5. The van der Waals surface area contributed by atoms with Gasteiger partial charge < -0.3 is 19.0 Å². The van der Waals surface area contributed by atoms with Crippen LogP contribution in [0.1, 0.15) is 17.1 Å². The van der Waals surface area contributed by atoms with Crippen molar-refractivity contribution in [1.29, 1.82) is 5.26 Å². The molecule has 1 aliphatic rings. The predicted octanol–water partition coefficient (Wildman–Crippen LogP) is 3.49. The maximum atomic E-state index is 13.0. The number of nitriles is 1. The van der Waals surface area contributed by atoms with Crippen molar-refractivity contribution < 1.29 is 23.3 Å². The Morgan fingerprint density at radius 1 is 1.20 bits per heavy atom. The van der Waals surface area contributed by atoms with Gasteiger partial charge in [-0.3, -0.25) is 14.9 Å². The van der Waals surface area contributed by atoms with Crippen molar-refractivity contribution in [3.05, 3.63) is 81.6 Å². The summed E-state index contributed by atoms with van der Waals surface area (Å²) in [6.45, 7) is 1.50. The van der Waals surface area contributed by atoms with Gasteiger partial charge in [-0.2, -0.15) is 10.2 Å². The maximum absolute atomic E-state index is 13.0. The molecule has 3 aromatic rings. The SMILES string of the molecule is N#Cc1nc(/C=C/c2cccc([N+](=O)[O-])c2)oc1N1CCN(C(=O)COc2ccc(F)cc2)CC1. The molecule has 1 saturated heterocycles. The summed E-state index contributed by atoms with van der Waals surface area (Å²) in [7, 11) is 0. The lowest BCUT2D eigenvalue weighted by Gasteiger charge is -2.34. The lowest BCUT2D eigenvalue weighted by molar-refractivity contribution is -0.384. The first-order valence-corrected chi connectivity index (χ1v) is 10.7. The first kappa shape index (κ1) is 23.4. The summed E-state index contributed by atoms with van der Waals surface area (Å²) in [6.07, 6.45) is 3.15. The molecule has 2 aromatic carbocycles. The molecule has 35 heavy (non-hydrogen) atoms. The second-order valence-electron chi connectivity index (χ2n) is 7.61. The number of nitro benzene ring substituents is 1. The Balaban J connectivity index is 1.35. The van der Waals surface area contributed by atoms with Crippen LogP contribution in [0, 0.1) is 27.3 Å². The van der Waals surface area contributed by atoms with E-state index < -0.39 is 4.92 Å². The standard InChI is InChI=1S/C24H20FN5O5/c25-18-5-7-20(8-6-18)34-16-23(31)28-10-12-29(13-11-28)24-21(15-26)27-22(35-24)9-4-17-2-1-3-19(14-17)30(32)33/h1-9,14H,10-13,16H2/b9-4+. The van der Waals surface area contributed by atoms with Gasteiger partial charge in [0.1, 0.15) is 17.6 Å². The van der Waals surface area contributed by atoms with Gasteiger partial charge in [-0.25, -0.2) is 4.39 Å². The number of carbonyl (C=O) groups excluding carboxylic acids is 1. The average Bonchev–Trinajstić information content (AvgIpc) is 3.30. The van der Waals surface area contributed by atoms with Crippen molar-refractivity contribution in [1.82, 2.24) is 9.88 Å². The number of benzene rings is 2. The lowest BCUT2D eigenvalue weighted by Crippen LogP contribution is -2.50. The lowest BCUT2D eigenvalue weighted by atomic mass is 10.2. The summed E-state index contributed by atoms with van der Waals surface area (Å²) in [5.41, 5.74) is 0.670. The highest BCUT2D eigenvalue weighted by Gasteiger charge is 2.26. The van der Waals surface area contributed by atoms with E-state index in [1.807, 2.05) is 11.0 Å². The Morgan fingerprint density at radius 2 is 1.94 bits per heavy atom. The number of anilines is 1. The number of carbonyl (C=O) groups is 1. The number of non-ortho nitro benzene ring substituents is 1. The van der Waals surface area contributed by atoms with Crippen LogP contribution in [0.15, 0.2) is 52.9 Å². The molecule has 0 spiro atoms. The number of ether oxygens (including phenoxy) is 1. The van der Waals surface area contributed by atoms with Gasteiger partial charge in [0.2, 0.25) is 17.5 Å². The van der Waals surface area contributed by atoms with Crippen LogP contribution in [0.4, 0.5) is 16.0 Å². The number of halogens is 1. The molecule has 0 unspecified atom stereocenters. The second-order valence-corrected chi connectivity index (χ2v) is 7.61. The molecular weight excluding hydrogens is 457 g/mol. The number of nitrogens with zero attached hydrogens (tertiary/aromatic N) is 5. The number of piperazine rings is 1. The fourth-order valence-corrected chi connectivity index (χ4v) is 3.52. The van der Waals surface area contributed by atoms with Crippen molar-refractivity contribution >= 4 is 29.6 Å². The number of aromatic nitrogens is 1. The van der Waals surface area contributed by atoms with Crippen LogP contribution in [0.2, 0.25) is 0 Å². The van der Waals surface area contributed by atoms with Gasteiger partial charge in [-0.15, -0.1) is 0 Å². The molecule has 1 amide bonds. The normalized spacial score (nSPS) is 13.6. The minimum Gasteiger partial charge on any atom is -0.484 e. The Hall–Kier alpha value is -4.72. The van der Waals surface area contributed by atoms with Gasteiger partial charge >= 0.3 is 0 Å². The molecule has 0 bridgehead atoms. The van der Waals surface area contributed by atoms with Gasteiger partial charge in [0.25, 0.3) is 11.6 Å². The Labute approximate surface area is 199 Å². The van der Waals surface area contributed by atoms with Gasteiger partial charge in [0.15, 0.2) is 6.61 Å². The van der Waals surface area contributed by atoms with Gasteiger partial charge in [-0.1, -0.05) is 12.1 Å². The Bertz CT molecular complexity index is 1290. The molecule has 0 radical (unpaired) electrons. The molecule has 2 heterocycles. The predicted molar refractivity (Wildman–Crippen MR) is 124 cm³/mol. The van der Waals surface area contributed by atoms with Gasteiger partial charge in [0.05, 0.1) is 4.92 Å². The largest absolute Gasteiger partial charge is 0.484 e. The minimum absolute atomic E-state index is 0.0339. The van der Waals surface area contributed by atoms with E-state index in [9.17, 15) is 24.6 Å². The minimum atomic E-state index is -0.478. The number of hydrogen-bond acceptors (Lipinski definition) is 8. The Morgan fingerprint density at radius 3 is 2.63 bits per heavy atom. The smallest absolute Gasteiger partial charge is 0.270 e. The van der Waals surface area contributed by atoms with Crippen molar-refractivity contribution in [3.63, 3.8) is 0 Å². The zero-order valence-corrected chi connectivity index (χ0v) is 18.5. The third-order valence-corrected chi connectivity index (χ3v) is 5.33. The summed E-state index contributed by atoms with van der Waals surface area (Å²) in [5.74, 6) is 0.318. The zero-order valence-electron chi connectivity index (χ0n) is 18.5. The maximum Gasteiger partial charge on any atom is 0.270 e. The van der Waals surface area contributed by atoms with E-state index in [4.69, 9.17) is 9.15 Å². The zero-order chi connectivity index (χ0) is 24.8. The fourth-order valence-electron chi connectivity index (χ4n) is 3.52. The highest BCUT2D eigenvalue weighted by Crippen LogP contribution is 2.25. The number of rotatable bonds is 7. The number of nitro groups is 1. The highest BCUT2D eigenvalue weighted by molar-refractivity contribution is 5.78. The molecule has 10 nitrogen and oxygen atoms in total. The molecule has 0 atom stereocenters. The van der Waals surface area contributed by atoms with Crippen LogP contribution in [-0.4, -0.2) is 53.5 Å². The van der Waals surface area contributed by atoms with Gasteiger partial charge in [-0.05, 0) is 35.9 Å². The van der Waals surface area contributed by atoms with E-state index in [-0.39, 0.29) is 35.6 Å². The highest BCUT2D eigenvalue weighted by atomic mass is 19.1. The molecule has 1 aromatic heterocycles. The van der Waals surface area contributed by atoms with E-state index in [2.05, 4.69) is 4.98 Å². The third kappa shape index (κ3) is 5.80. The molecule has 11 heteroatoms. The monoisotopic (exact) mass is 477 g/mol. The molecule has 1 fully saturated rings. The van der Waals surface area contributed by atoms with Crippen LogP contribution in [0.5, 0.6) is 5.75 Å².